The summed E-state index contributed by atoms with van der Waals surface area (Å²) in [5, 5.41) is 8.04. The topological polar surface area (TPSA) is 142 Å². The zero-order valence-corrected chi connectivity index (χ0v) is 19.3. The van der Waals surface area contributed by atoms with Crippen LogP contribution in [0.5, 0.6) is 0 Å². The zero-order chi connectivity index (χ0) is 24.1. The standard InChI is InChI=1S/C23H19N3O6S2/c24-34(29,30)17-8-5-7-16(12-17)25-21(27)13-31-22(28)18-9-2-1-6-15(18)14-33-23-26-19-10-3-4-11-20(19)32-23/h1-12H,13-14H2,(H,25,27)(H2,24,29,30). The Balaban J connectivity index is 1.36. The number of anilines is 1. The molecule has 34 heavy (non-hydrogen) atoms. The molecule has 0 fully saturated rings. The van der Waals surface area contributed by atoms with Gasteiger partial charge in [0.2, 0.25) is 10.0 Å². The van der Waals surface area contributed by atoms with Gasteiger partial charge in [-0.1, -0.05) is 48.2 Å². The SMILES string of the molecule is NS(=O)(=O)c1cccc(NC(=O)COC(=O)c2ccccc2CSc2nc3ccccc3o2)c1. The van der Waals surface area contributed by atoms with Crippen LogP contribution in [-0.4, -0.2) is 31.9 Å². The number of esters is 1. The van der Waals surface area contributed by atoms with Crippen LogP contribution in [-0.2, 0) is 25.3 Å². The zero-order valence-electron chi connectivity index (χ0n) is 17.6. The van der Waals surface area contributed by atoms with E-state index in [1.165, 1.54) is 36.0 Å². The molecule has 4 aromatic rings. The molecule has 0 spiro atoms. The van der Waals surface area contributed by atoms with Crippen LogP contribution in [0.1, 0.15) is 15.9 Å². The Labute approximate surface area is 199 Å². The highest BCUT2D eigenvalue weighted by Gasteiger charge is 2.16. The van der Waals surface area contributed by atoms with Crippen molar-refractivity contribution in [3.8, 4) is 0 Å². The molecule has 11 heteroatoms. The third-order valence-corrected chi connectivity index (χ3v) is 6.43. The van der Waals surface area contributed by atoms with E-state index < -0.39 is 28.5 Å². The summed E-state index contributed by atoms with van der Waals surface area (Å²) >= 11 is 1.34. The molecule has 0 aliphatic heterocycles. The van der Waals surface area contributed by atoms with E-state index >= 15 is 0 Å². The van der Waals surface area contributed by atoms with E-state index in [9.17, 15) is 18.0 Å². The van der Waals surface area contributed by atoms with Crippen molar-refractivity contribution in [2.45, 2.75) is 15.9 Å². The summed E-state index contributed by atoms with van der Waals surface area (Å²) in [6.07, 6.45) is 0. The molecular formula is C23H19N3O6S2. The second-order valence-corrected chi connectivity index (χ2v) is 9.58. The molecule has 1 heterocycles. The number of rotatable bonds is 8. The first-order chi connectivity index (χ1) is 16.3. The van der Waals surface area contributed by atoms with E-state index in [4.69, 9.17) is 14.3 Å². The van der Waals surface area contributed by atoms with Gasteiger partial charge in [-0.15, -0.1) is 0 Å². The fourth-order valence-electron chi connectivity index (χ4n) is 3.05. The largest absolute Gasteiger partial charge is 0.452 e. The van der Waals surface area contributed by atoms with Gasteiger partial charge in [0.25, 0.3) is 11.1 Å². The second kappa shape index (κ2) is 10.1. The van der Waals surface area contributed by atoms with E-state index in [1.807, 2.05) is 24.3 Å². The van der Waals surface area contributed by atoms with Gasteiger partial charge in [0.15, 0.2) is 12.2 Å². The molecular weight excluding hydrogens is 478 g/mol. The van der Waals surface area contributed by atoms with Crippen molar-refractivity contribution in [3.05, 3.63) is 83.9 Å². The van der Waals surface area contributed by atoms with Crippen molar-refractivity contribution in [3.63, 3.8) is 0 Å². The van der Waals surface area contributed by atoms with E-state index in [-0.39, 0.29) is 10.6 Å². The average molecular weight is 498 g/mol. The number of hydrogen-bond acceptors (Lipinski definition) is 8. The van der Waals surface area contributed by atoms with Crippen molar-refractivity contribution in [1.82, 2.24) is 4.98 Å². The van der Waals surface area contributed by atoms with Gasteiger partial charge in [-0.2, -0.15) is 0 Å². The second-order valence-electron chi connectivity index (χ2n) is 7.09. The lowest BCUT2D eigenvalue weighted by Gasteiger charge is -2.10. The van der Waals surface area contributed by atoms with Gasteiger partial charge < -0.3 is 14.5 Å². The molecule has 0 saturated carbocycles. The molecule has 3 N–H and O–H groups in total. The Morgan fingerprint density at radius 1 is 1.03 bits per heavy atom. The van der Waals surface area contributed by atoms with Gasteiger partial charge in [-0.3, -0.25) is 4.79 Å². The van der Waals surface area contributed by atoms with Gasteiger partial charge in [0.05, 0.1) is 10.5 Å². The highest BCUT2D eigenvalue weighted by molar-refractivity contribution is 7.98. The number of carbonyl (C=O) groups excluding carboxylic acids is 2. The summed E-state index contributed by atoms with van der Waals surface area (Å²) in [5.41, 5.74) is 2.65. The highest BCUT2D eigenvalue weighted by atomic mass is 32.2. The first kappa shape index (κ1) is 23.5. The average Bonchev–Trinajstić information content (AvgIpc) is 3.24. The maximum absolute atomic E-state index is 12.6. The predicted molar refractivity (Wildman–Crippen MR) is 127 cm³/mol. The Morgan fingerprint density at radius 3 is 2.59 bits per heavy atom. The monoisotopic (exact) mass is 497 g/mol. The van der Waals surface area contributed by atoms with Gasteiger partial charge in [0.1, 0.15) is 5.52 Å². The number of carbonyl (C=O) groups is 2. The minimum atomic E-state index is -3.91. The minimum Gasteiger partial charge on any atom is -0.452 e. The smallest absolute Gasteiger partial charge is 0.338 e. The van der Waals surface area contributed by atoms with Gasteiger partial charge in [-0.05, 0) is 42.0 Å². The Kier molecular flexibility index (Phi) is 6.96. The summed E-state index contributed by atoms with van der Waals surface area (Å²) in [4.78, 5) is 29.1. The molecule has 0 radical (unpaired) electrons. The number of hydrogen-bond donors (Lipinski definition) is 2. The van der Waals surface area contributed by atoms with Crippen LogP contribution in [0.2, 0.25) is 0 Å². The number of benzene rings is 3. The summed E-state index contributed by atoms with van der Waals surface area (Å²) in [6, 6.07) is 19.7. The number of oxazole rings is 1. The van der Waals surface area contributed by atoms with Gasteiger partial charge >= 0.3 is 5.97 Å². The number of para-hydroxylation sites is 2. The molecule has 1 aromatic heterocycles. The van der Waals surface area contributed by atoms with Crippen molar-refractivity contribution in [1.29, 1.82) is 0 Å². The number of primary sulfonamides is 1. The van der Waals surface area contributed by atoms with Crippen LogP contribution in [0, 0.1) is 0 Å². The quantitative estimate of drug-likeness (QED) is 0.278. The van der Waals surface area contributed by atoms with Crippen molar-refractivity contribution in [2.75, 3.05) is 11.9 Å². The van der Waals surface area contributed by atoms with Crippen LogP contribution in [0.25, 0.3) is 11.1 Å². The van der Waals surface area contributed by atoms with Crippen LogP contribution >= 0.6 is 11.8 Å². The van der Waals surface area contributed by atoms with Crippen molar-refractivity contribution < 1.29 is 27.2 Å². The molecule has 4 rings (SSSR count). The lowest BCUT2D eigenvalue weighted by atomic mass is 10.1. The third-order valence-electron chi connectivity index (χ3n) is 4.64. The summed E-state index contributed by atoms with van der Waals surface area (Å²) in [6.45, 7) is -0.551. The first-order valence-electron chi connectivity index (χ1n) is 9.96. The predicted octanol–water partition coefficient (Wildman–Crippen LogP) is 3.56. The molecule has 0 unspecified atom stereocenters. The lowest BCUT2D eigenvalue weighted by Crippen LogP contribution is -2.21. The Morgan fingerprint density at radius 2 is 1.79 bits per heavy atom. The molecule has 1 amide bonds. The van der Waals surface area contributed by atoms with Gasteiger partial charge in [0, 0.05) is 11.4 Å². The normalized spacial score (nSPS) is 11.3. The lowest BCUT2D eigenvalue weighted by molar-refractivity contribution is -0.119. The molecule has 3 aromatic carbocycles. The summed E-state index contributed by atoms with van der Waals surface area (Å²) in [7, 11) is -3.91. The summed E-state index contributed by atoms with van der Waals surface area (Å²) in [5.74, 6) is -0.884. The number of nitrogens with two attached hydrogens (primary N) is 1. The van der Waals surface area contributed by atoms with Crippen LogP contribution in [0.3, 0.4) is 0 Å². The number of sulfonamides is 1. The number of nitrogens with zero attached hydrogens (tertiary/aromatic N) is 1. The molecule has 174 valence electrons. The third kappa shape index (κ3) is 5.81. The number of fused-ring (bicyclic) bond motifs is 1. The highest BCUT2D eigenvalue weighted by Crippen LogP contribution is 2.27. The Bertz CT molecular complexity index is 1430. The first-order valence-corrected chi connectivity index (χ1v) is 12.5. The van der Waals surface area contributed by atoms with Crippen molar-refractivity contribution >= 4 is 50.4 Å². The molecule has 0 bridgehead atoms. The maximum atomic E-state index is 12.6. The number of amides is 1. The van der Waals surface area contributed by atoms with E-state index in [0.717, 1.165) is 5.52 Å². The van der Waals surface area contributed by atoms with E-state index in [0.29, 0.717) is 27.7 Å². The fraction of sp³-hybridized carbons (Fsp3) is 0.0870. The van der Waals surface area contributed by atoms with Crippen LogP contribution < -0.4 is 10.5 Å². The number of aromatic nitrogens is 1. The number of thioether (sulfide) groups is 1. The Hall–Kier alpha value is -3.67. The molecule has 0 aliphatic carbocycles. The molecule has 9 nitrogen and oxygen atoms in total. The number of ether oxygens (including phenoxy) is 1. The van der Waals surface area contributed by atoms with Crippen molar-refractivity contribution in [2.24, 2.45) is 5.14 Å². The summed E-state index contributed by atoms with van der Waals surface area (Å²) < 4.78 is 33.7. The minimum absolute atomic E-state index is 0.146. The van der Waals surface area contributed by atoms with E-state index in [1.54, 1.807) is 24.3 Å². The number of nitrogens with one attached hydrogen (secondary N) is 1. The van der Waals surface area contributed by atoms with Crippen LogP contribution in [0.4, 0.5) is 5.69 Å². The maximum Gasteiger partial charge on any atom is 0.338 e. The molecule has 0 saturated heterocycles. The molecule has 0 aliphatic rings. The molecule has 0 atom stereocenters. The van der Waals surface area contributed by atoms with Gasteiger partial charge in [-0.25, -0.2) is 23.3 Å². The van der Waals surface area contributed by atoms with E-state index in [2.05, 4.69) is 10.3 Å². The van der Waals surface area contributed by atoms with Crippen LogP contribution in [0.15, 0.2) is 87.3 Å². The fourth-order valence-corrected chi connectivity index (χ4v) is 4.46.